The zero-order valence-electron chi connectivity index (χ0n) is 8.43. The van der Waals surface area contributed by atoms with Crippen LogP contribution in [0, 0.1) is 0 Å². The quantitative estimate of drug-likeness (QED) is 0.187. The predicted molar refractivity (Wildman–Crippen MR) is 53.2 cm³/mol. The fourth-order valence-electron chi connectivity index (χ4n) is 0.470. The van der Waals surface area contributed by atoms with Gasteiger partial charge in [-0.25, -0.2) is 24.3 Å². The number of amides is 2. The molecule has 10 heteroatoms. The van der Waals surface area contributed by atoms with E-state index in [-0.39, 0.29) is 5.57 Å². The Labute approximate surface area is 92.8 Å². The summed E-state index contributed by atoms with van der Waals surface area (Å²) in [6, 6.07) is -1.00. The average molecular weight is 246 g/mol. The van der Waals surface area contributed by atoms with Crippen LogP contribution < -0.4 is 11.2 Å². The third kappa shape index (κ3) is 6.31. The molecule has 0 aliphatic heterocycles. The number of rotatable bonds is 6. The molecule has 0 bridgehead atoms. The van der Waals surface area contributed by atoms with Crippen LogP contribution in [0.25, 0.3) is 0 Å². The number of primary amides is 1. The lowest BCUT2D eigenvalue weighted by molar-refractivity contribution is -0.137. The molecule has 3 N–H and O–H groups in total. The summed E-state index contributed by atoms with van der Waals surface area (Å²) in [7, 11) is -1.82. The smallest absolute Gasteiger partial charge is 0.400 e. The van der Waals surface area contributed by atoms with Gasteiger partial charge in [-0.3, -0.25) is 0 Å². The van der Waals surface area contributed by atoms with Crippen molar-refractivity contribution in [1.82, 2.24) is 10.7 Å². The Bertz CT molecular complexity index is 340. The van der Waals surface area contributed by atoms with Gasteiger partial charge in [0.2, 0.25) is 0 Å². The molecule has 9 nitrogen and oxygen atoms in total. The second-order valence-corrected chi connectivity index (χ2v) is 3.18. The number of isocyanates is 1. The first-order valence-corrected chi connectivity index (χ1v) is 5.02. The Morgan fingerprint density at radius 3 is 2.69 bits per heavy atom. The summed E-state index contributed by atoms with van der Waals surface area (Å²) in [5.74, 6) is -0.638. The Morgan fingerprint density at radius 1 is 1.62 bits per heavy atom. The van der Waals surface area contributed by atoms with Crippen molar-refractivity contribution in [2.45, 2.75) is 6.92 Å². The zero-order valence-corrected chi connectivity index (χ0v) is 9.84. The number of nitrogens with two attached hydrogens (primary N) is 1. The van der Waals surface area contributed by atoms with Crippen molar-refractivity contribution in [3.63, 3.8) is 0 Å². The maximum absolute atomic E-state index is 10.9. The largest absolute Gasteiger partial charge is 0.494 e. The predicted octanol–water partition coefficient (Wildman–Crippen LogP) is -1.83. The van der Waals surface area contributed by atoms with Crippen LogP contribution in [-0.2, 0) is 18.5 Å². The summed E-state index contributed by atoms with van der Waals surface area (Å²) < 4.78 is 9.28. The van der Waals surface area contributed by atoms with E-state index < -0.39 is 22.0 Å². The van der Waals surface area contributed by atoms with Crippen LogP contribution in [0.5, 0.6) is 0 Å². The molecule has 0 aliphatic carbocycles. The molecule has 0 aliphatic rings. The fraction of sp³-hybridized carbons (Fsp3) is 0.167. The first-order chi connectivity index (χ1) is 7.47. The Balaban J connectivity index is 4.03. The van der Waals surface area contributed by atoms with Crippen LogP contribution in [0.4, 0.5) is 4.79 Å². The lowest BCUT2D eigenvalue weighted by atomic mass is 10.4. The van der Waals surface area contributed by atoms with Gasteiger partial charge in [0, 0.05) is 5.57 Å². The van der Waals surface area contributed by atoms with E-state index in [0.717, 1.165) is 6.08 Å². The van der Waals surface area contributed by atoms with E-state index in [2.05, 4.69) is 20.6 Å². The fourth-order valence-corrected chi connectivity index (χ4v) is 1.10. The third-order valence-electron chi connectivity index (χ3n) is 1.05. The highest BCUT2D eigenvalue weighted by Crippen LogP contribution is 1.92. The number of carbonyl (C=O) groups excluding carboxylic acids is 3. The number of hydrazine groups is 1. The molecule has 0 fully saturated rings. The van der Waals surface area contributed by atoms with Gasteiger partial charge < -0.3 is 10.2 Å². The maximum atomic E-state index is 10.9. The molecule has 0 aromatic rings. The molecule has 0 unspecified atom stereocenters. The second-order valence-electron chi connectivity index (χ2n) is 2.40. The van der Waals surface area contributed by atoms with Crippen LogP contribution in [0.1, 0.15) is 6.92 Å². The highest BCUT2D eigenvalue weighted by molar-refractivity contribution is 6.23. The van der Waals surface area contributed by atoms with Gasteiger partial charge in [-0.05, 0) is 12.0 Å². The van der Waals surface area contributed by atoms with Crippen LogP contribution in [0.2, 0.25) is 0 Å². The number of nitrogens with one attached hydrogen (secondary N) is 1. The molecule has 16 heavy (non-hydrogen) atoms. The number of carbonyl (C=O) groups is 2. The van der Waals surface area contributed by atoms with Crippen molar-refractivity contribution in [2.75, 3.05) is 0 Å². The van der Waals surface area contributed by atoms with E-state index in [9.17, 15) is 14.4 Å². The zero-order chi connectivity index (χ0) is 12.6. The van der Waals surface area contributed by atoms with E-state index in [0.29, 0.717) is 5.28 Å². The molecule has 0 heterocycles. The molecule has 88 valence electrons. The Hall–Kier alpha value is -2.16. The summed E-state index contributed by atoms with van der Waals surface area (Å²) >= 11 is 0. The SMILES string of the molecule is C=C(C)C(=O)O[SiH2]ON(N=C=O)NC(N)=O. The number of nitrogens with zero attached hydrogens (tertiary/aromatic N) is 2. The van der Waals surface area contributed by atoms with Crippen LogP contribution in [-0.4, -0.2) is 33.4 Å². The maximum Gasteiger partial charge on any atom is 0.400 e. The first kappa shape index (κ1) is 13.8. The second kappa shape index (κ2) is 7.17. The number of hydrogen-bond acceptors (Lipinski definition) is 7. The molecular formula is C6H10N4O5Si. The molecule has 0 radical (unpaired) electrons. The summed E-state index contributed by atoms with van der Waals surface area (Å²) in [5, 5.41) is 3.29. The molecule has 0 saturated heterocycles. The van der Waals surface area contributed by atoms with Gasteiger partial charge >= 0.3 is 22.0 Å². The van der Waals surface area contributed by atoms with Crippen molar-refractivity contribution in [3.8, 4) is 0 Å². The van der Waals surface area contributed by atoms with Crippen LogP contribution >= 0.6 is 0 Å². The number of hydrazone groups is 1. The third-order valence-corrected chi connectivity index (χ3v) is 1.78. The summed E-state index contributed by atoms with van der Waals surface area (Å²) in [5.41, 5.74) is 6.76. The lowest BCUT2D eigenvalue weighted by Gasteiger charge is -2.14. The van der Waals surface area contributed by atoms with Crippen molar-refractivity contribution >= 4 is 28.1 Å². The van der Waals surface area contributed by atoms with Crippen molar-refractivity contribution in [3.05, 3.63) is 12.2 Å². The highest BCUT2D eigenvalue weighted by atomic mass is 28.3. The van der Waals surface area contributed by atoms with Crippen LogP contribution in [0.3, 0.4) is 0 Å². The topological polar surface area (TPSA) is 123 Å². The van der Waals surface area contributed by atoms with Crippen LogP contribution in [0.15, 0.2) is 17.3 Å². The molecule has 0 spiro atoms. The Morgan fingerprint density at radius 2 is 2.25 bits per heavy atom. The molecule has 0 aromatic carbocycles. The normalized spacial score (nSPS) is 9.31. The van der Waals surface area contributed by atoms with Gasteiger partial charge in [-0.15, -0.1) is 0 Å². The van der Waals surface area contributed by atoms with Crippen molar-refractivity contribution in [2.24, 2.45) is 10.8 Å². The van der Waals surface area contributed by atoms with Gasteiger partial charge in [-0.2, -0.15) is 0 Å². The minimum atomic E-state index is -1.82. The summed E-state index contributed by atoms with van der Waals surface area (Å²) in [4.78, 5) is 31.2. The lowest BCUT2D eigenvalue weighted by Crippen LogP contribution is -2.42. The molecule has 2 amide bonds. The van der Waals surface area contributed by atoms with Gasteiger partial charge in [-0.1, -0.05) is 11.9 Å². The Kier molecular flexibility index (Phi) is 6.20. The molecule has 0 aromatic heterocycles. The van der Waals surface area contributed by atoms with E-state index in [1.807, 2.05) is 5.43 Å². The van der Waals surface area contributed by atoms with Crippen molar-refractivity contribution in [1.29, 1.82) is 0 Å². The van der Waals surface area contributed by atoms with Gasteiger partial charge in [0.25, 0.3) is 6.08 Å². The first-order valence-electron chi connectivity index (χ1n) is 3.87. The monoisotopic (exact) mass is 246 g/mol. The average Bonchev–Trinajstić information content (AvgIpc) is 2.16. The minimum absolute atomic E-state index is 0.199. The minimum Gasteiger partial charge on any atom is -0.494 e. The standard InChI is InChI=1S/C6H10N4O5Si/c1-4(2)5(12)14-16-15-10(8-3-11)9-6(7)13/h1,16H2,2H3,(H3,7,9,13). The number of hydrogen-bond donors (Lipinski definition) is 2. The van der Waals surface area contributed by atoms with E-state index in [1.165, 1.54) is 6.92 Å². The molecule has 0 saturated carbocycles. The van der Waals surface area contributed by atoms with Gasteiger partial charge in [0.1, 0.15) is 0 Å². The van der Waals surface area contributed by atoms with Crippen molar-refractivity contribution < 1.29 is 23.3 Å². The van der Waals surface area contributed by atoms with E-state index in [4.69, 9.17) is 5.73 Å². The molecule has 0 rings (SSSR count). The molecular weight excluding hydrogens is 236 g/mol. The van der Waals surface area contributed by atoms with E-state index >= 15 is 0 Å². The number of urea groups is 1. The van der Waals surface area contributed by atoms with E-state index in [1.54, 1.807) is 0 Å². The summed E-state index contributed by atoms with van der Waals surface area (Å²) in [6.07, 6.45) is 1.10. The van der Waals surface area contributed by atoms with Gasteiger partial charge in [0.15, 0.2) is 0 Å². The van der Waals surface area contributed by atoms with Gasteiger partial charge in [0.05, 0.1) is 0 Å². The summed E-state index contributed by atoms with van der Waals surface area (Å²) in [6.45, 7) is 4.80. The molecule has 0 atom stereocenters. The highest BCUT2D eigenvalue weighted by Gasteiger charge is 2.08.